The van der Waals surface area contributed by atoms with Gasteiger partial charge in [0.1, 0.15) is 0 Å². The van der Waals surface area contributed by atoms with Crippen LogP contribution in [0, 0.1) is 0 Å². The van der Waals surface area contributed by atoms with Crippen LogP contribution in [0.1, 0.15) is 26.2 Å². The summed E-state index contributed by atoms with van der Waals surface area (Å²) in [4.78, 5) is 14.3. The first kappa shape index (κ1) is 19.7. The maximum Gasteiger partial charge on any atom is 0.277 e. The summed E-state index contributed by atoms with van der Waals surface area (Å²) in [5.41, 5.74) is 1.13. The second-order valence-corrected chi connectivity index (χ2v) is 9.22. The zero-order valence-corrected chi connectivity index (χ0v) is 16.8. The van der Waals surface area contributed by atoms with Crippen LogP contribution in [0.25, 0.3) is 11.5 Å². The van der Waals surface area contributed by atoms with Crippen molar-refractivity contribution in [1.82, 2.24) is 15.1 Å². The first-order valence-electron chi connectivity index (χ1n) is 8.66. The fourth-order valence-electron chi connectivity index (χ4n) is 2.95. The van der Waals surface area contributed by atoms with Gasteiger partial charge in [-0.1, -0.05) is 11.8 Å². The van der Waals surface area contributed by atoms with Crippen molar-refractivity contribution in [1.29, 1.82) is 0 Å². The molecule has 2 aromatic rings. The van der Waals surface area contributed by atoms with Gasteiger partial charge < -0.3 is 9.32 Å². The van der Waals surface area contributed by atoms with E-state index < -0.39 is 10.0 Å². The van der Waals surface area contributed by atoms with E-state index in [1.165, 1.54) is 18.2 Å². The lowest BCUT2D eigenvalue weighted by Crippen LogP contribution is -2.42. The van der Waals surface area contributed by atoms with Crippen molar-refractivity contribution in [3.63, 3.8) is 0 Å². The molecule has 1 saturated heterocycles. The lowest BCUT2D eigenvalue weighted by molar-refractivity contribution is -0.131. The minimum Gasteiger partial charge on any atom is -0.411 e. The van der Waals surface area contributed by atoms with E-state index in [0.717, 1.165) is 25.6 Å². The molecule has 1 aromatic carbocycles. The number of piperidine rings is 1. The molecule has 2 heterocycles. The third-order valence-electron chi connectivity index (χ3n) is 4.28. The maximum atomic E-state index is 12.4. The van der Waals surface area contributed by atoms with Crippen molar-refractivity contribution >= 4 is 33.4 Å². The lowest BCUT2D eigenvalue weighted by atomic mass is 10.0. The normalized spacial score (nSPS) is 17.7. The van der Waals surface area contributed by atoms with Crippen LogP contribution in [0.15, 0.2) is 33.9 Å². The van der Waals surface area contributed by atoms with Gasteiger partial charge in [0.2, 0.25) is 21.8 Å². The predicted molar refractivity (Wildman–Crippen MR) is 104 cm³/mol. The smallest absolute Gasteiger partial charge is 0.277 e. The molecular weight excluding hydrogens is 388 g/mol. The Hall–Kier alpha value is -2.07. The molecule has 1 aliphatic rings. The van der Waals surface area contributed by atoms with Crippen LogP contribution in [0.3, 0.4) is 0 Å². The molecule has 0 spiro atoms. The van der Waals surface area contributed by atoms with Crippen LogP contribution in [-0.2, 0) is 14.8 Å². The number of nitrogens with zero attached hydrogens (tertiary/aromatic N) is 3. The van der Waals surface area contributed by atoms with Gasteiger partial charge in [0.25, 0.3) is 5.22 Å². The number of rotatable bonds is 6. The van der Waals surface area contributed by atoms with Crippen LogP contribution in [0.4, 0.5) is 5.69 Å². The van der Waals surface area contributed by atoms with Gasteiger partial charge in [-0.05, 0) is 50.5 Å². The summed E-state index contributed by atoms with van der Waals surface area (Å²) in [5.74, 6) is 0.675. The van der Waals surface area contributed by atoms with Gasteiger partial charge in [0.05, 0.1) is 12.0 Å². The van der Waals surface area contributed by atoms with Crippen molar-refractivity contribution in [2.24, 2.45) is 0 Å². The van der Waals surface area contributed by atoms with Gasteiger partial charge >= 0.3 is 0 Å². The minimum atomic E-state index is -3.32. The fourth-order valence-corrected chi connectivity index (χ4v) is 4.17. The first-order chi connectivity index (χ1) is 12.8. The Balaban J connectivity index is 1.59. The number of aromatic nitrogens is 2. The molecule has 0 unspecified atom stereocenters. The number of thioether (sulfide) groups is 1. The van der Waals surface area contributed by atoms with E-state index in [2.05, 4.69) is 21.8 Å². The van der Waals surface area contributed by atoms with Gasteiger partial charge in [-0.2, -0.15) is 0 Å². The Morgan fingerprint density at radius 3 is 2.70 bits per heavy atom. The zero-order valence-electron chi connectivity index (χ0n) is 15.2. The molecule has 0 aliphatic carbocycles. The van der Waals surface area contributed by atoms with Crippen LogP contribution < -0.4 is 4.72 Å². The Kier molecular flexibility index (Phi) is 6.05. The van der Waals surface area contributed by atoms with Crippen molar-refractivity contribution in [2.45, 2.75) is 37.5 Å². The standard InChI is InChI=1S/C17H22N4O4S2/c1-12-5-3-4-10-21(12)15(22)11-26-17-19-18-16(25-17)13-6-8-14(9-7-13)20-27(2,23)24/h6-9,12,20H,3-5,10-11H2,1-2H3/t12-/m1/s1. The molecule has 0 radical (unpaired) electrons. The Morgan fingerprint density at radius 2 is 2.04 bits per heavy atom. The number of benzene rings is 1. The third kappa shape index (κ3) is 5.46. The fraction of sp³-hybridized carbons (Fsp3) is 0.471. The second kappa shape index (κ2) is 8.30. The van der Waals surface area contributed by atoms with Crippen molar-refractivity contribution in [3.8, 4) is 11.5 Å². The number of hydrogen-bond acceptors (Lipinski definition) is 7. The summed E-state index contributed by atoms with van der Waals surface area (Å²) in [7, 11) is -3.32. The van der Waals surface area contributed by atoms with E-state index in [1.807, 2.05) is 4.90 Å². The summed E-state index contributed by atoms with van der Waals surface area (Å²) < 4.78 is 30.5. The highest BCUT2D eigenvalue weighted by Crippen LogP contribution is 2.25. The maximum absolute atomic E-state index is 12.4. The summed E-state index contributed by atoms with van der Waals surface area (Å²) in [6.45, 7) is 2.89. The average molecular weight is 411 g/mol. The minimum absolute atomic E-state index is 0.0863. The van der Waals surface area contributed by atoms with E-state index >= 15 is 0 Å². The molecule has 0 bridgehead atoms. The molecule has 1 aliphatic heterocycles. The molecule has 1 N–H and O–H groups in total. The highest BCUT2D eigenvalue weighted by Gasteiger charge is 2.23. The number of hydrogen-bond donors (Lipinski definition) is 1. The zero-order chi connectivity index (χ0) is 19.4. The molecular formula is C17H22N4O4S2. The number of nitrogens with one attached hydrogen (secondary N) is 1. The number of amides is 1. The monoisotopic (exact) mass is 410 g/mol. The van der Waals surface area contributed by atoms with Crippen molar-refractivity contribution < 1.29 is 17.6 Å². The van der Waals surface area contributed by atoms with Gasteiger partial charge in [-0.3, -0.25) is 9.52 Å². The molecule has 1 amide bonds. The molecule has 0 saturated carbocycles. The molecule has 10 heteroatoms. The Morgan fingerprint density at radius 1 is 1.30 bits per heavy atom. The molecule has 8 nitrogen and oxygen atoms in total. The second-order valence-electron chi connectivity index (χ2n) is 6.55. The SMILES string of the molecule is C[C@@H]1CCCCN1C(=O)CSc1nnc(-c2ccc(NS(C)(=O)=O)cc2)o1. The third-order valence-corrected chi connectivity index (χ3v) is 5.69. The van der Waals surface area contributed by atoms with Gasteiger partial charge in [0, 0.05) is 23.8 Å². The van der Waals surface area contributed by atoms with Gasteiger partial charge in [-0.15, -0.1) is 10.2 Å². The van der Waals surface area contributed by atoms with Crippen LogP contribution in [-0.4, -0.2) is 54.0 Å². The number of sulfonamides is 1. The summed E-state index contributed by atoms with van der Waals surface area (Å²) in [5, 5.41) is 8.30. The predicted octanol–water partition coefficient (Wildman–Crippen LogP) is 2.60. The van der Waals surface area contributed by atoms with Crippen molar-refractivity contribution in [2.75, 3.05) is 23.3 Å². The molecule has 1 atom stereocenters. The average Bonchev–Trinajstić information content (AvgIpc) is 3.08. The van der Waals surface area contributed by atoms with Crippen molar-refractivity contribution in [3.05, 3.63) is 24.3 Å². The largest absolute Gasteiger partial charge is 0.411 e. The summed E-state index contributed by atoms with van der Waals surface area (Å²) >= 11 is 1.23. The highest BCUT2D eigenvalue weighted by molar-refractivity contribution is 7.99. The summed E-state index contributed by atoms with van der Waals surface area (Å²) in [6.07, 6.45) is 4.36. The van der Waals surface area contributed by atoms with Crippen LogP contribution in [0.5, 0.6) is 0 Å². The van der Waals surface area contributed by atoms with E-state index in [9.17, 15) is 13.2 Å². The van der Waals surface area contributed by atoms with Gasteiger partial charge in [-0.25, -0.2) is 8.42 Å². The van der Waals surface area contributed by atoms with E-state index in [0.29, 0.717) is 22.4 Å². The number of likely N-dealkylation sites (tertiary alicyclic amines) is 1. The molecule has 146 valence electrons. The van der Waals surface area contributed by atoms with Crippen LogP contribution >= 0.6 is 11.8 Å². The Labute approximate surface area is 162 Å². The van der Waals surface area contributed by atoms with E-state index in [4.69, 9.17) is 4.42 Å². The van der Waals surface area contributed by atoms with E-state index in [-0.39, 0.29) is 17.7 Å². The molecule has 3 rings (SSSR count). The number of carbonyl (C=O) groups is 1. The van der Waals surface area contributed by atoms with Crippen LogP contribution in [0.2, 0.25) is 0 Å². The topological polar surface area (TPSA) is 105 Å². The quantitative estimate of drug-likeness (QED) is 0.730. The van der Waals surface area contributed by atoms with E-state index in [1.54, 1.807) is 24.3 Å². The Bertz CT molecular complexity index is 896. The molecule has 1 aromatic heterocycles. The summed E-state index contributed by atoms with van der Waals surface area (Å²) in [6, 6.07) is 6.90. The lowest BCUT2D eigenvalue weighted by Gasteiger charge is -2.33. The molecule has 1 fully saturated rings. The molecule has 27 heavy (non-hydrogen) atoms. The highest BCUT2D eigenvalue weighted by atomic mass is 32.2. The first-order valence-corrected chi connectivity index (χ1v) is 11.5. The number of carbonyl (C=O) groups excluding carboxylic acids is 1. The number of anilines is 1. The van der Waals surface area contributed by atoms with Gasteiger partial charge in [0.15, 0.2) is 0 Å².